The summed E-state index contributed by atoms with van der Waals surface area (Å²) in [6.45, 7) is 1.54. The van der Waals surface area contributed by atoms with E-state index < -0.39 is 17.6 Å². The summed E-state index contributed by atoms with van der Waals surface area (Å²) in [6.07, 6.45) is 2.42. The molecule has 1 amide bonds. The summed E-state index contributed by atoms with van der Waals surface area (Å²) in [5.74, 6) is -1.25. The van der Waals surface area contributed by atoms with Crippen LogP contribution in [0.15, 0.2) is 67.0 Å². The molecule has 0 saturated carbocycles. The van der Waals surface area contributed by atoms with Gasteiger partial charge in [0.1, 0.15) is 6.61 Å². The van der Waals surface area contributed by atoms with E-state index in [1.807, 2.05) is 36.4 Å². The molecule has 1 aromatic heterocycles. The Morgan fingerprint density at radius 2 is 1.72 bits per heavy atom. The number of alkyl carbamates (subject to hydrolysis) is 1. The van der Waals surface area contributed by atoms with E-state index in [1.54, 1.807) is 18.5 Å². The fourth-order valence-electron chi connectivity index (χ4n) is 3.74. The lowest BCUT2D eigenvalue weighted by Crippen LogP contribution is -2.55. The summed E-state index contributed by atoms with van der Waals surface area (Å²) in [6, 6.07) is 17.8. The molecule has 1 unspecified atom stereocenters. The van der Waals surface area contributed by atoms with E-state index >= 15 is 0 Å². The molecule has 0 aliphatic heterocycles. The van der Waals surface area contributed by atoms with Gasteiger partial charge in [-0.05, 0) is 35.2 Å². The van der Waals surface area contributed by atoms with Crippen LogP contribution in [0.1, 0.15) is 24.0 Å². The molecule has 0 radical (unpaired) electrons. The first kappa shape index (κ1) is 18.7. The molecule has 4 rings (SSSR count). The van der Waals surface area contributed by atoms with Crippen LogP contribution in [0.5, 0.6) is 0 Å². The number of amides is 1. The van der Waals surface area contributed by atoms with Crippen molar-refractivity contribution in [3.63, 3.8) is 0 Å². The van der Waals surface area contributed by atoms with Crippen molar-refractivity contribution in [3.8, 4) is 11.1 Å². The van der Waals surface area contributed by atoms with Gasteiger partial charge in [0, 0.05) is 18.3 Å². The van der Waals surface area contributed by atoms with Gasteiger partial charge in [-0.3, -0.25) is 4.68 Å². The van der Waals surface area contributed by atoms with Crippen LogP contribution in [0.2, 0.25) is 0 Å². The highest BCUT2D eigenvalue weighted by Gasteiger charge is 2.37. The van der Waals surface area contributed by atoms with Crippen LogP contribution in [0.3, 0.4) is 0 Å². The zero-order valence-electron chi connectivity index (χ0n) is 15.9. The number of nitrogens with zero attached hydrogens (tertiary/aromatic N) is 2. The van der Waals surface area contributed by atoms with E-state index in [-0.39, 0.29) is 19.1 Å². The fraction of sp³-hybridized carbons (Fsp3) is 0.227. The number of ether oxygens (including phenoxy) is 1. The second-order valence-electron chi connectivity index (χ2n) is 7.29. The van der Waals surface area contributed by atoms with Crippen LogP contribution >= 0.6 is 0 Å². The number of nitrogens with one attached hydrogen (secondary N) is 1. The highest BCUT2D eigenvalue weighted by atomic mass is 16.5. The van der Waals surface area contributed by atoms with Gasteiger partial charge in [-0.15, -0.1) is 0 Å². The predicted octanol–water partition coefficient (Wildman–Crippen LogP) is 3.27. The number of fused-ring (bicyclic) bond motifs is 3. The largest absolute Gasteiger partial charge is 0.479 e. The summed E-state index contributed by atoms with van der Waals surface area (Å²) in [4.78, 5) is 24.2. The van der Waals surface area contributed by atoms with E-state index in [0.29, 0.717) is 0 Å². The molecule has 0 spiro atoms. The maximum absolute atomic E-state index is 12.4. The minimum atomic E-state index is -1.55. The van der Waals surface area contributed by atoms with E-state index in [4.69, 9.17) is 4.74 Å². The number of aromatic nitrogens is 2. The normalized spacial score (nSPS) is 14.5. The maximum atomic E-state index is 12.4. The molecule has 2 aromatic carbocycles. The van der Waals surface area contributed by atoms with Gasteiger partial charge in [0.15, 0.2) is 5.54 Å². The molecule has 0 fully saturated rings. The molecular formula is C22H21N3O4. The number of hydrogen-bond donors (Lipinski definition) is 2. The van der Waals surface area contributed by atoms with Crippen molar-refractivity contribution in [2.45, 2.75) is 24.9 Å². The van der Waals surface area contributed by atoms with Crippen LogP contribution in [-0.2, 0) is 16.1 Å². The smallest absolute Gasteiger partial charge is 0.408 e. The Kier molecular flexibility index (Phi) is 4.80. The fourth-order valence-corrected chi connectivity index (χ4v) is 3.74. The number of hydrogen-bond acceptors (Lipinski definition) is 4. The Morgan fingerprint density at radius 1 is 1.10 bits per heavy atom. The van der Waals surface area contributed by atoms with Crippen LogP contribution < -0.4 is 5.32 Å². The van der Waals surface area contributed by atoms with Gasteiger partial charge in [0.05, 0.1) is 6.54 Å². The average Bonchev–Trinajstić information content (AvgIpc) is 3.32. The van der Waals surface area contributed by atoms with Crippen LogP contribution in [0.25, 0.3) is 11.1 Å². The first-order valence-corrected chi connectivity index (χ1v) is 9.32. The Labute approximate surface area is 167 Å². The molecule has 148 valence electrons. The third-order valence-electron chi connectivity index (χ3n) is 5.23. The van der Waals surface area contributed by atoms with E-state index in [2.05, 4.69) is 22.5 Å². The van der Waals surface area contributed by atoms with Crippen molar-refractivity contribution >= 4 is 12.1 Å². The topological polar surface area (TPSA) is 93.5 Å². The molecule has 29 heavy (non-hydrogen) atoms. The molecule has 0 bridgehead atoms. The summed E-state index contributed by atoms with van der Waals surface area (Å²) >= 11 is 0. The van der Waals surface area contributed by atoms with Gasteiger partial charge >= 0.3 is 12.1 Å². The lowest BCUT2D eigenvalue weighted by atomic mass is 9.98. The molecular weight excluding hydrogens is 370 g/mol. The van der Waals surface area contributed by atoms with Crippen molar-refractivity contribution in [1.82, 2.24) is 15.1 Å². The molecule has 7 nitrogen and oxygen atoms in total. The number of rotatable bonds is 6. The Bertz CT molecular complexity index is 1000. The third kappa shape index (κ3) is 3.59. The van der Waals surface area contributed by atoms with Crippen molar-refractivity contribution in [2.24, 2.45) is 0 Å². The molecule has 1 heterocycles. The Hall–Kier alpha value is -3.61. The summed E-state index contributed by atoms with van der Waals surface area (Å²) in [5, 5.41) is 16.1. The van der Waals surface area contributed by atoms with Crippen LogP contribution in [0.4, 0.5) is 4.79 Å². The van der Waals surface area contributed by atoms with Gasteiger partial charge in [-0.1, -0.05) is 48.5 Å². The highest BCUT2D eigenvalue weighted by Crippen LogP contribution is 2.44. The molecule has 1 aliphatic rings. The standard InChI is InChI=1S/C22H21N3O4/c1-22(20(26)27,14-25-12-6-11-23-25)24-21(28)29-13-19-17-9-4-2-7-15(17)16-8-3-5-10-18(16)19/h2-12,19H,13-14H2,1H3,(H,24,28)(H,26,27). The zero-order chi connectivity index (χ0) is 20.4. The predicted molar refractivity (Wildman–Crippen MR) is 106 cm³/mol. The van der Waals surface area contributed by atoms with E-state index in [0.717, 1.165) is 22.3 Å². The maximum Gasteiger partial charge on any atom is 0.408 e. The zero-order valence-corrected chi connectivity index (χ0v) is 15.9. The second-order valence-corrected chi connectivity index (χ2v) is 7.29. The summed E-state index contributed by atoms with van der Waals surface area (Å²) < 4.78 is 6.92. The molecule has 1 aliphatic carbocycles. The van der Waals surface area contributed by atoms with Gasteiger partial charge in [0.2, 0.25) is 0 Å². The summed E-state index contributed by atoms with van der Waals surface area (Å²) in [7, 11) is 0. The SMILES string of the molecule is CC(Cn1cccn1)(NC(=O)OCC1c2ccccc2-c2ccccc21)C(=O)O. The van der Waals surface area contributed by atoms with Gasteiger partial charge in [-0.2, -0.15) is 5.10 Å². The van der Waals surface area contributed by atoms with Crippen molar-refractivity contribution in [2.75, 3.05) is 6.61 Å². The first-order chi connectivity index (χ1) is 14.0. The van der Waals surface area contributed by atoms with E-state index in [1.165, 1.54) is 11.6 Å². The lowest BCUT2D eigenvalue weighted by molar-refractivity contribution is -0.144. The Balaban J connectivity index is 1.47. The van der Waals surface area contributed by atoms with Crippen LogP contribution in [-0.4, -0.2) is 39.1 Å². The van der Waals surface area contributed by atoms with Crippen molar-refractivity contribution in [1.29, 1.82) is 0 Å². The minimum absolute atomic E-state index is 0.0144. The van der Waals surface area contributed by atoms with Crippen molar-refractivity contribution < 1.29 is 19.4 Å². The molecule has 1 atom stereocenters. The molecule has 3 aromatic rings. The molecule has 7 heteroatoms. The number of aliphatic carboxylic acids is 1. The average molecular weight is 391 g/mol. The molecule has 2 N–H and O–H groups in total. The number of carboxylic acid groups (broad SMARTS) is 1. The highest BCUT2D eigenvalue weighted by molar-refractivity contribution is 5.84. The van der Waals surface area contributed by atoms with Crippen molar-refractivity contribution in [3.05, 3.63) is 78.1 Å². The van der Waals surface area contributed by atoms with Gasteiger partial charge < -0.3 is 15.2 Å². The number of carbonyl (C=O) groups excluding carboxylic acids is 1. The first-order valence-electron chi connectivity index (χ1n) is 9.32. The van der Waals surface area contributed by atoms with Crippen LogP contribution in [0, 0.1) is 0 Å². The number of carbonyl (C=O) groups is 2. The monoisotopic (exact) mass is 391 g/mol. The van der Waals surface area contributed by atoms with Gasteiger partial charge in [-0.25, -0.2) is 9.59 Å². The number of benzene rings is 2. The van der Waals surface area contributed by atoms with Gasteiger partial charge in [0.25, 0.3) is 0 Å². The third-order valence-corrected chi connectivity index (χ3v) is 5.23. The minimum Gasteiger partial charge on any atom is -0.479 e. The second kappa shape index (κ2) is 7.43. The lowest BCUT2D eigenvalue weighted by Gasteiger charge is -2.26. The summed E-state index contributed by atoms with van der Waals surface area (Å²) in [5.41, 5.74) is 2.91. The van der Waals surface area contributed by atoms with E-state index in [9.17, 15) is 14.7 Å². The molecule has 0 saturated heterocycles. The Morgan fingerprint density at radius 3 is 2.28 bits per heavy atom. The number of carboxylic acids is 1. The quantitative estimate of drug-likeness (QED) is 0.673.